The molecule has 1 N–H and O–H groups in total. The van der Waals surface area contributed by atoms with Crippen LogP contribution in [-0.2, 0) is 16.6 Å². The highest BCUT2D eigenvalue weighted by Gasteiger charge is 2.19. The van der Waals surface area contributed by atoms with Crippen LogP contribution >= 0.6 is 11.6 Å². The van der Waals surface area contributed by atoms with E-state index in [9.17, 15) is 13.2 Å². The number of amides is 1. The molecule has 3 rings (SSSR count). The van der Waals surface area contributed by atoms with E-state index in [0.29, 0.717) is 35.9 Å². The molecule has 0 heterocycles. The fourth-order valence-electron chi connectivity index (χ4n) is 3.14. The van der Waals surface area contributed by atoms with E-state index in [1.165, 1.54) is 12.1 Å². The van der Waals surface area contributed by atoms with E-state index in [4.69, 9.17) is 11.6 Å². The molecule has 0 unspecified atom stereocenters. The van der Waals surface area contributed by atoms with Gasteiger partial charge < -0.3 is 9.80 Å². The first kappa shape index (κ1) is 23.8. The van der Waals surface area contributed by atoms with Crippen LogP contribution in [0, 0.1) is 0 Å². The standard InChI is InChI=1S/C24H26ClN3O3S/c1-27(2)14-15-28(18-19-8-6-10-21(25)16-19)24(29)20-9-7-11-22(17-20)26-32(30,31)23-12-4-3-5-13-23/h3-13,16-17,26H,14-15,18H2,1-2H3. The molecule has 3 aromatic carbocycles. The van der Waals surface area contributed by atoms with Gasteiger partial charge in [-0.1, -0.05) is 48.0 Å². The van der Waals surface area contributed by atoms with E-state index in [-0.39, 0.29) is 10.8 Å². The van der Waals surface area contributed by atoms with Crippen molar-refractivity contribution in [1.29, 1.82) is 0 Å². The summed E-state index contributed by atoms with van der Waals surface area (Å²) in [7, 11) is 0.144. The molecule has 3 aromatic rings. The van der Waals surface area contributed by atoms with Crippen molar-refractivity contribution in [3.8, 4) is 0 Å². The lowest BCUT2D eigenvalue weighted by Gasteiger charge is -2.25. The van der Waals surface area contributed by atoms with Gasteiger partial charge in [-0.05, 0) is 62.1 Å². The summed E-state index contributed by atoms with van der Waals surface area (Å²) in [5, 5.41) is 0.611. The Morgan fingerprint density at radius 2 is 1.62 bits per heavy atom. The Bertz CT molecular complexity index is 1170. The molecule has 0 atom stereocenters. The average Bonchev–Trinajstić information content (AvgIpc) is 2.76. The number of nitrogens with zero attached hydrogens (tertiary/aromatic N) is 2. The lowest BCUT2D eigenvalue weighted by Crippen LogP contribution is -2.36. The number of rotatable bonds is 9. The van der Waals surface area contributed by atoms with Crippen LogP contribution < -0.4 is 4.72 Å². The van der Waals surface area contributed by atoms with Gasteiger partial charge in [-0.15, -0.1) is 0 Å². The molecule has 6 nitrogen and oxygen atoms in total. The van der Waals surface area contributed by atoms with E-state index in [1.807, 2.05) is 37.2 Å². The van der Waals surface area contributed by atoms with Crippen molar-refractivity contribution in [3.63, 3.8) is 0 Å². The quantitative estimate of drug-likeness (QED) is 0.504. The molecular weight excluding hydrogens is 446 g/mol. The van der Waals surface area contributed by atoms with E-state index in [1.54, 1.807) is 53.4 Å². The highest BCUT2D eigenvalue weighted by molar-refractivity contribution is 7.92. The molecule has 1 amide bonds. The first-order valence-corrected chi connectivity index (χ1v) is 12.0. The predicted octanol–water partition coefficient (Wildman–Crippen LogP) is 4.34. The van der Waals surface area contributed by atoms with Crippen LogP contribution in [0.2, 0.25) is 5.02 Å². The molecule has 0 spiro atoms. The highest BCUT2D eigenvalue weighted by Crippen LogP contribution is 2.19. The Morgan fingerprint density at radius 3 is 2.31 bits per heavy atom. The Kier molecular flexibility index (Phi) is 7.90. The number of anilines is 1. The van der Waals surface area contributed by atoms with Crippen molar-refractivity contribution in [1.82, 2.24) is 9.80 Å². The van der Waals surface area contributed by atoms with Crippen molar-refractivity contribution >= 4 is 33.2 Å². The summed E-state index contributed by atoms with van der Waals surface area (Å²) < 4.78 is 27.8. The number of sulfonamides is 1. The first-order valence-electron chi connectivity index (χ1n) is 10.1. The molecule has 0 aliphatic rings. The van der Waals surface area contributed by atoms with Gasteiger partial charge in [-0.25, -0.2) is 8.42 Å². The molecule has 168 valence electrons. The second-order valence-corrected chi connectivity index (χ2v) is 9.78. The first-order chi connectivity index (χ1) is 15.2. The zero-order valence-electron chi connectivity index (χ0n) is 18.0. The number of benzene rings is 3. The molecule has 0 radical (unpaired) electrons. The normalized spacial score (nSPS) is 11.4. The molecular formula is C24H26ClN3O3S. The van der Waals surface area contributed by atoms with Crippen LogP contribution in [0.25, 0.3) is 0 Å². The van der Waals surface area contributed by atoms with Gasteiger partial charge in [0.1, 0.15) is 0 Å². The van der Waals surface area contributed by atoms with Gasteiger partial charge in [0, 0.05) is 35.9 Å². The molecule has 32 heavy (non-hydrogen) atoms. The second-order valence-electron chi connectivity index (χ2n) is 7.66. The Balaban J connectivity index is 1.83. The van der Waals surface area contributed by atoms with Gasteiger partial charge in [-0.2, -0.15) is 0 Å². The minimum absolute atomic E-state index is 0.158. The van der Waals surface area contributed by atoms with Crippen molar-refractivity contribution in [2.24, 2.45) is 0 Å². The predicted molar refractivity (Wildman–Crippen MR) is 128 cm³/mol. The summed E-state index contributed by atoms with van der Waals surface area (Å²) in [4.78, 5) is 17.2. The van der Waals surface area contributed by atoms with Gasteiger partial charge in [0.25, 0.3) is 15.9 Å². The number of nitrogens with one attached hydrogen (secondary N) is 1. The van der Waals surface area contributed by atoms with Gasteiger partial charge in [-0.3, -0.25) is 9.52 Å². The Labute approximate surface area is 194 Å². The molecule has 0 fully saturated rings. The topological polar surface area (TPSA) is 69.7 Å². The van der Waals surface area contributed by atoms with Gasteiger partial charge >= 0.3 is 0 Å². The summed E-state index contributed by atoms with van der Waals surface area (Å²) >= 11 is 6.11. The zero-order valence-corrected chi connectivity index (χ0v) is 19.6. The van der Waals surface area contributed by atoms with Crippen molar-refractivity contribution in [2.75, 3.05) is 31.9 Å². The Morgan fingerprint density at radius 1 is 0.906 bits per heavy atom. The fraction of sp³-hybridized carbons (Fsp3) is 0.208. The third kappa shape index (κ3) is 6.56. The largest absolute Gasteiger partial charge is 0.333 e. The average molecular weight is 472 g/mol. The van der Waals surface area contributed by atoms with Crippen LogP contribution in [-0.4, -0.2) is 51.3 Å². The molecule has 0 saturated carbocycles. The van der Waals surface area contributed by atoms with E-state index >= 15 is 0 Å². The number of halogens is 1. The van der Waals surface area contributed by atoms with Gasteiger partial charge in [0.15, 0.2) is 0 Å². The smallest absolute Gasteiger partial charge is 0.261 e. The van der Waals surface area contributed by atoms with Crippen LogP contribution in [0.4, 0.5) is 5.69 Å². The van der Waals surface area contributed by atoms with Crippen molar-refractivity contribution < 1.29 is 13.2 Å². The lowest BCUT2D eigenvalue weighted by atomic mass is 10.1. The van der Waals surface area contributed by atoms with Crippen LogP contribution in [0.1, 0.15) is 15.9 Å². The van der Waals surface area contributed by atoms with E-state index in [0.717, 1.165) is 5.56 Å². The summed E-state index contributed by atoms with van der Waals surface area (Å²) in [5.41, 5.74) is 1.65. The minimum atomic E-state index is -3.75. The number of likely N-dealkylation sites (N-methyl/N-ethyl adjacent to an activating group) is 1. The molecule has 0 saturated heterocycles. The second kappa shape index (κ2) is 10.6. The lowest BCUT2D eigenvalue weighted by molar-refractivity contribution is 0.0732. The number of carbonyl (C=O) groups excluding carboxylic acids is 1. The zero-order chi connectivity index (χ0) is 23.1. The monoisotopic (exact) mass is 471 g/mol. The maximum Gasteiger partial charge on any atom is 0.261 e. The summed E-state index contributed by atoms with van der Waals surface area (Å²) in [5.74, 6) is -0.187. The number of hydrogen-bond donors (Lipinski definition) is 1. The van der Waals surface area contributed by atoms with Crippen molar-refractivity contribution in [3.05, 3.63) is 95.0 Å². The SMILES string of the molecule is CN(C)CCN(Cc1cccc(Cl)c1)C(=O)c1cccc(NS(=O)(=O)c2ccccc2)c1. The molecule has 0 aliphatic heterocycles. The number of hydrogen-bond acceptors (Lipinski definition) is 4. The molecule has 0 aliphatic carbocycles. The third-order valence-electron chi connectivity index (χ3n) is 4.78. The summed E-state index contributed by atoms with van der Waals surface area (Å²) in [6, 6.07) is 22.0. The van der Waals surface area contributed by atoms with Crippen LogP contribution in [0.5, 0.6) is 0 Å². The van der Waals surface area contributed by atoms with E-state index < -0.39 is 10.0 Å². The number of carbonyl (C=O) groups is 1. The maximum atomic E-state index is 13.3. The van der Waals surface area contributed by atoms with E-state index in [2.05, 4.69) is 4.72 Å². The van der Waals surface area contributed by atoms with Gasteiger partial charge in [0.05, 0.1) is 4.90 Å². The maximum absolute atomic E-state index is 13.3. The third-order valence-corrected chi connectivity index (χ3v) is 6.41. The summed E-state index contributed by atoms with van der Waals surface area (Å²) in [6.07, 6.45) is 0. The summed E-state index contributed by atoms with van der Waals surface area (Å²) in [6.45, 7) is 1.60. The fourth-order valence-corrected chi connectivity index (χ4v) is 4.42. The van der Waals surface area contributed by atoms with Gasteiger partial charge in [0.2, 0.25) is 0 Å². The minimum Gasteiger partial charge on any atom is -0.333 e. The molecule has 0 bridgehead atoms. The highest BCUT2D eigenvalue weighted by atomic mass is 35.5. The van der Waals surface area contributed by atoms with Crippen molar-refractivity contribution in [2.45, 2.75) is 11.4 Å². The Hall–Kier alpha value is -2.87. The van der Waals surface area contributed by atoms with Crippen LogP contribution in [0.3, 0.4) is 0 Å². The molecule has 8 heteroatoms. The molecule has 0 aromatic heterocycles. The van der Waals surface area contributed by atoms with Crippen LogP contribution in [0.15, 0.2) is 83.8 Å².